The molecule has 1 rings (SSSR count). The van der Waals surface area contributed by atoms with Crippen LogP contribution in [0.5, 0.6) is 0 Å². The molecule has 0 spiro atoms. The minimum absolute atomic E-state index is 0.254. The van der Waals surface area contributed by atoms with Gasteiger partial charge in [0.25, 0.3) is 0 Å². The van der Waals surface area contributed by atoms with E-state index in [1.54, 1.807) is 6.92 Å². The molecule has 1 heterocycles. The molecule has 0 radical (unpaired) electrons. The predicted molar refractivity (Wildman–Crippen MR) is 31.5 cm³/mol. The maximum atomic E-state index is 10.2. The first-order valence-corrected chi connectivity index (χ1v) is 6.31. The van der Waals surface area contributed by atoms with Crippen molar-refractivity contribution < 1.29 is 46.6 Å². The van der Waals surface area contributed by atoms with Gasteiger partial charge in [0, 0.05) is 0 Å². The third-order valence-electron chi connectivity index (χ3n) is 1.01. The topological polar surface area (TPSA) is 128 Å². The number of rotatable bonds is 1. The molecule has 9 heteroatoms. The van der Waals surface area contributed by atoms with Crippen LogP contribution in [0.2, 0.25) is 0 Å². The van der Waals surface area contributed by atoms with Gasteiger partial charge in [0.15, 0.2) is 5.85 Å². The molecule has 4 N–H and O–H groups in total. The zero-order valence-corrected chi connectivity index (χ0v) is 8.35. The maximum absolute atomic E-state index is 10.2. The van der Waals surface area contributed by atoms with Crippen LogP contribution in [-0.2, 0) is 28.8 Å². The van der Waals surface area contributed by atoms with Crippen molar-refractivity contribution in [1.29, 1.82) is 0 Å². The van der Waals surface area contributed by atoms with E-state index < -0.39 is 29.2 Å². The van der Waals surface area contributed by atoms with Gasteiger partial charge >= 0.3 is 35.1 Å². The fraction of sp³-hybridized carbons (Fsp3) is 1.00. The van der Waals surface area contributed by atoms with E-state index in [1.807, 2.05) is 0 Å². The molecular weight excluding hydrogens is 230 g/mol. The summed E-state index contributed by atoms with van der Waals surface area (Å²) in [6.45, 7) is 1.63. The number of hydrogen-bond acceptors (Lipinski definition) is 3. The van der Waals surface area contributed by atoms with Crippen LogP contribution in [0.25, 0.3) is 0 Å². The molecule has 0 aromatic rings. The summed E-state index contributed by atoms with van der Waals surface area (Å²) in [5.41, 5.74) is 0. The summed E-state index contributed by atoms with van der Waals surface area (Å²) in [5.74, 6) is -0.817. The normalized spacial score (nSPS) is 27.1. The van der Waals surface area contributed by atoms with Crippen LogP contribution >= 0.6 is 7.60 Å². The summed E-state index contributed by atoms with van der Waals surface area (Å²) in [6, 6.07) is 0. The van der Waals surface area contributed by atoms with Gasteiger partial charge in [-0.15, -0.1) is 0 Å². The Balaban J connectivity index is 0.000000261. The molecule has 0 aromatic carbocycles. The summed E-state index contributed by atoms with van der Waals surface area (Å²) in [6.07, 6.45) is -0.254. The molecule has 0 aromatic heterocycles. The number of ether oxygens (including phenoxy) is 1. The second-order valence-corrected chi connectivity index (χ2v) is 4.55. The van der Waals surface area contributed by atoms with Crippen molar-refractivity contribution in [2.45, 2.75) is 18.9 Å². The Morgan fingerprint density at radius 1 is 1.42 bits per heavy atom. The van der Waals surface area contributed by atoms with Gasteiger partial charge in [-0.25, -0.2) is 0 Å². The molecule has 0 unspecified atom stereocenters. The van der Waals surface area contributed by atoms with Crippen LogP contribution in [0.1, 0.15) is 6.92 Å². The van der Waals surface area contributed by atoms with E-state index in [4.69, 9.17) is 21.5 Å². The Labute approximate surface area is 73.6 Å². The quantitative estimate of drug-likeness (QED) is 0.329. The molecule has 0 aliphatic carbocycles. The van der Waals surface area contributed by atoms with Crippen molar-refractivity contribution in [2.24, 2.45) is 0 Å². The summed E-state index contributed by atoms with van der Waals surface area (Å²) in [4.78, 5) is 16.6. The summed E-state index contributed by atoms with van der Waals surface area (Å²) < 4.78 is 37.9. The standard InChI is InChI=1S/C3H7O4P.2H2O.O.V/c1-2-3(7-2)8(4,5)6;;;;/h2-3H,1H3,(H2,4,5,6);2*1H2;;/q;;;;+2/p-2/t2-,3+;;;;/m0..../s1. The molecule has 73 valence electrons. The zero-order chi connectivity index (χ0) is 9.94. The Morgan fingerprint density at radius 3 is 1.67 bits per heavy atom. The summed E-state index contributed by atoms with van der Waals surface area (Å²) in [5, 5.41) is 0. The van der Waals surface area contributed by atoms with Crippen molar-refractivity contribution in [1.82, 2.24) is 0 Å². The molecule has 7 nitrogen and oxygen atoms in total. The first-order valence-electron chi connectivity index (χ1n) is 2.81. The van der Waals surface area contributed by atoms with Crippen LogP contribution in [0.3, 0.4) is 0 Å². The molecule has 1 aliphatic rings. The van der Waals surface area contributed by atoms with Crippen molar-refractivity contribution in [2.75, 3.05) is 0 Å². The van der Waals surface area contributed by atoms with E-state index >= 15 is 0 Å². The molecule has 1 aliphatic heterocycles. The Hall–Kier alpha value is 0.414. The van der Waals surface area contributed by atoms with Gasteiger partial charge in [0.1, 0.15) is 0 Å². The van der Waals surface area contributed by atoms with Gasteiger partial charge in [0.2, 0.25) is 0 Å². The first-order chi connectivity index (χ1) is 5.25. The van der Waals surface area contributed by atoms with Gasteiger partial charge in [-0.1, -0.05) is 0 Å². The summed E-state index contributed by atoms with van der Waals surface area (Å²) >= 11 is -3.44. The van der Waals surface area contributed by atoms with Gasteiger partial charge < -0.3 is 14.5 Å². The van der Waals surface area contributed by atoms with E-state index in [1.165, 1.54) is 0 Å². The molecule has 1 fully saturated rings. The van der Waals surface area contributed by atoms with Crippen molar-refractivity contribution >= 4 is 7.60 Å². The second kappa shape index (κ2) is 4.59. The van der Waals surface area contributed by atoms with Gasteiger partial charge in [-0.3, -0.25) is 4.57 Å². The first kappa shape index (κ1) is 12.4. The Kier molecular flexibility index (Phi) is 4.75. The average Bonchev–Trinajstić information content (AvgIpc) is 2.41. The predicted octanol–water partition coefficient (Wildman–Crippen LogP) is -1.33. The molecule has 1 saturated heterocycles. The van der Waals surface area contributed by atoms with E-state index in [2.05, 4.69) is 4.74 Å². The van der Waals surface area contributed by atoms with Gasteiger partial charge in [-0.05, 0) is 6.92 Å². The molecule has 12 heavy (non-hydrogen) atoms. The average molecular weight is 239 g/mol. The molecule has 0 saturated carbocycles. The van der Waals surface area contributed by atoms with E-state index in [-0.39, 0.29) is 6.10 Å². The molecule has 0 bridgehead atoms. The monoisotopic (exact) mass is 239 g/mol. The summed E-state index contributed by atoms with van der Waals surface area (Å²) in [7, 11) is -3.90. The SMILES string of the molecule is C[C@@H]1O[C@@H]1P(=O)(O)O.[O]=[V]([OH])[OH]. The zero-order valence-electron chi connectivity index (χ0n) is 6.06. The van der Waals surface area contributed by atoms with Crippen LogP contribution < -0.4 is 0 Å². The Bertz CT molecular complexity index is 207. The third kappa shape index (κ3) is 5.99. The van der Waals surface area contributed by atoms with E-state index in [9.17, 15) is 4.57 Å². The number of hydrogen-bond donors (Lipinski definition) is 4. The minimum atomic E-state index is -3.90. The molecule has 2 atom stereocenters. The van der Waals surface area contributed by atoms with Crippen LogP contribution in [0.4, 0.5) is 0 Å². The van der Waals surface area contributed by atoms with Crippen molar-refractivity contribution in [3.8, 4) is 0 Å². The van der Waals surface area contributed by atoms with Crippen LogP contribution in [-0.4, -0.2) is 29.8 Å². The third-order valence-corrected chi connectivity index (χ3v) is 2.22. The number of epoxide rings is 1. The van der Waals surface area contributed by atoms with Crippen molar-refractivity contribution in [3.63, 3.8) is 0 Å². The van der Waals surface area contributed by atoms with Gasteiger partial charge in [-0.2, -0.15) is 0 Å². The van der Waals surface area contributed by atoms with Crippen LogP contribution in [0, 0.1) is 0 Å². The van der Waals surface area contributed by atoms with Gasteiger partial charge in [0.05, 0.1) is 6.10 Å². The Morgan fingerprint density at radius 2 is 1.67 bits per heavy atom. The fourth-order valence-electron chi connectivity index (χ4n) is 0.527. The van der Waals surface area contributed by atoms with E-state index in [0.717, 1.165) is 0 Å². The van der Waals surface area contributed by atoms with Crippen molar-refractivity contribution in [3.05, 3.63) is 0 Å². The second-order valence-electron chi connectivity index (χ2n) is 2.07. The fourth-order valence-corrected chi connectivity index (χ4v) is 1.42. The van der Waals surface area contributed by atoms with E-state index in [0.29, 0.717) is 0 Å². The van der Waals surface area contributed by atoms with Crippen LogP contribution in [0.15, 0.2) is 0 Å². The molecule has 0 amide bonds. The molecular formula is C3H9O7PV.